The summed E-state index contributed by atoms with van der Waals surface area (Å²) in [6, 6.07) is 10.4. The van der Waals surface area contributed by atoms with E-state index in [1.165, 1.54) is 28.9 Å². The van der Waals surface area contributed by atoms with E-state index in [1.807, 2.05) is 0 Å². The van der Waals surface area contributed by atoms with Crippen LogP contribution in [0, 0.1) is 19.7 Å². The molecule has 0 unspecified atom stereocenters. The second-order valence-corrected chi connectivity index (χ2v) is 9.00. The van der Waals surface area contributed by atoms with Crippen molar-refractivity contribution in [3.8, 4) is 5.69 Å². The van der Waals surface area contributed by atoms with E-state index in [0.717, 1.165) is 0 Å². The molecule has 1 aromatic heterocycles. The summed E-state index contributed by atoms with van der Waals surface area (Å²) < 4.78 is 40.5. The highest BCUT2D eigenvalue weighted by molar-refractivity contribution is 7.92. The summed E-state index contributed by atoms with van der Waals surface area (Å²) in [5, 5.41) is 7.12. The molecule has 1 amide bonds. The molecular weight excluding hydrogens is 431 g/mol. The van der Waals surface area contributed by atoms with Crippen LogP contribution in [0.3, 0.4) is 0 Å². The van der Waals surface area contributed by atoms with Crippen molar-refractivity contribution in [2.75, 3.05) is 15.8 Å². The molecule has 7 nitrogen and oxygen atoms in total. The molecule has 0 aliphatic heterocycles. The van der Waals surface area contributed by atoms with Crippen LogP contribution in [0.15, 0.2) is 42.5 Å². The van der Waals surface area contributed by atoms with Crippen LogP contribution in [0.5, 0.6) is 0 Å². The lowest BCUT2D eigenvalue weighted by Gasteiger charge is -2.12. The minimum atomic E-state index is -3.40. The van der Waals surface area contributed by atoms with Gasteiger partial charge in [-0.2, -0.15) is 5.10 Å². The molecule has 0 fully saturated rings. The van der Waals surface area contributed by atoms with Crippen molar-refractivity contribution < 1.29 is 17.6 Å². The van der Waals surface area contributed by atoms with Gasteiger partial charge in [0.25, 0.3) is 5.91 Å². The highest BCUT2D eigenvalue weighted by Crippen LogP contribution is 2.26. The molecule has 0 saturated heterocycles. The minimum absolute atomic E-state index is 0.0409. The van der Waals surface area contributed by atoms with Crippen LogP contribution in [0.2, 0.25) is 5.15 Å². The molecule has 10 heteroatoms. The number of sulfonamides is 1. The maximum absolute atomic E-state index is 13.2. The lowest BCUT2D eigenvalue weighted by Crippen LogP contribution is -2.16. The molecule has 2 N–H and O–H groups in total. The summed E-state index contributed by atoms with van der Waals surface area (Å²) in [5.74, 6) is -0.898. The van der Waals surface area contributed by atoms with Gasteiger partial charge in [0.15, 0.2) is 0 Å². The van der Waals surface area contributed by atoms with Crippen LogP contribution >= 0.6 is 11.6 Å². The number of aryl methyl sites for hydroxylation is 2. The van der Waals surface area contributed by atoms with Gasteiger partial charge in [-0.15, -0.1) is 0 Å². The Morgan fingerprint density at radius 2 is 1.83 bits per heavy atom. The number of carbonyl (C=O) groups excluding carboxylic acids is 1. The minimum Gasteiger partial charge on any atom is -0.322 e. The van der Waals surface area contributed by atoms with Gasteiger partial charge in [-0.3, -0.25) is 9.52 Å². The van der Waals surface area contributed by atoms with Crippen molar-refractivity contribution in [2.24, 2.45) is 0 Å². The second-order valence-electron chi connectivity index (χ2n) is 6.63. The average Bonchev–Trinajstić information content (AvgIpc) is 2.99. The summed E-state index contributed by atoms with van der Waals surface area (Å²) in [6.07, 6.45) is 0. The summed E-state index contributed by atoms with van der Waals surface area (Å²) in [5.41, 5.74) is 2.68. The van der Waals surface area contributed by atoms with Gasteiger partial charge in [-0.25, -0.2) is 17.5 Å². The Bertz CT molecular complexity index is 1210. The van der Waals surface area contributed by atoms with Gasteiger partial charge in [0.2, 0.25) is 10.0 Å². The monoisotopic (exact) mass is 450 g/mol. The number of hydrogen-bond acceptors (Lipinski definition) is 4. The Labute approximate surface area is 178 Å². The van der Waals surface area contributed by atoms with Crippen LogP contribution in [0.1, 0.15) is 28.5 Å². The predicted octanol–water partition coefficient (Wildman–Crippen LogP) is 4.30. The second kappa shape index (κ2) is 8.45. The Balaban J connectivity index is 1.84. The van der Waals surface area contributed by atoms with E-state index in [-0.39, 0.29) is 16.5 Å². The molecule has 0 aliphatic carbocycles. The fourth-order valence-electron chi connectivity index (χ4n) is 2.80. The molecule has 0 bridgehead atoms. The number of hydrogen-bond donors (Lipinski definition) is 2. The van der Waals surface area contributed by atoms with Gasteiger partial charge in [-0.05, 0) is 68.8 Å². The van der Waals surface area contributed by atoms with Crippen LogP contribution in [-0.4, -0.2) is 29.9 Å². The number of halogens is 2. The van der Waals surface area contributed by atoms with E-state index >= 15 is 0 Å². The summed E-state index contributed by atoms with van der Waals surface area (Å²) in [4.78, 5) is 12.8. The zero-order valence-corrected chi connectivity index (χ0v) is 18.1. The third kappa shape index (κ3) is 4.63. The largest absolute Gasteiger partial charge is 0.322 e. The summed E-state index contributed by atoms with van der Waals surface area (Å²) in [7, 11) is -3.40. The van der Waals surface area contributed by atoms with Crippen LogP contribution in [-0.2, 0) is 10.0 Å². The normalized spacial score (nSPS) is 11.4. The van der Waals surface area contributed by atoms with E-state index in [1.54, 1.807) is 39.0 Å². The Morgan fingerprint density at radius 3 is 2.43 bits per heavy atom. The highest BCUT2D eigenvalue weighted by atomic mass is 35.5. The molecule has 0 radical (unpaired) electrons. The van der Waals surface area contributed by atoms with E-state index in [2.05, 4.69) is 15.1 Å². The lowest BCUT2D eigenvalue weighted by molar-refractivity contribution is 0.102. The number of benzene rings is 2. The topological polar surface area (TPSA) is 93.1 Å². The zero-order valence-electron chi connectivity index (χ0n) is 16.5. The Hall–Kier alpha value is -2.91. The first-order chi connectivity index (χ1) is 14.1. The van der Waals surface area contributed by atoms with Crippen LogP contribution in [0.4, 0.5) is 15.8 Å². The Kier molecular flexibility index (Phi) is 6.14. The molecule has 0 saturated carbocycles. The molecule has 158 valence electrons. The standard InChI is InChI=1S/C20H20ClFN4O3S/c1-4-30(28,29)25-17-10-7-15(11-12(17)2)23-20(27)18-13(3)24-26(19(18)21)16-8-5-14(22)6-9-16/h5-11,25H,4H2,1-3H3,(H,23,27). The van der Waals surface area contributed by atoms with Crippen molar-refractivity contribution in [3.63, 3.8) is 0 Å². The zero-order chi connectivity index (χ0) is 22.1. The van der Waals surface area contributed by atoms with Crippen molar-refractivity contribution in [2.45, 2.75) is 20.8 Å². The van der Waals surface area contributed by atoms with Gasteiger partial charge in [-0.1, -0.05) is 11.6 Å². The van der Waals surface area contributed by atoms with Crippen molar-refractivity contribution >= 4 is 38.9 Å². The molecule has 30 heavy (non-hydrogen) atoms. The van der Waals surface area contributed by atoms with E-state index in [4.69, 9.17) is 11.6 Å². The fourth-order valence-corrected chi connectivity index (χ4v) is 3.87. The quantitative estimate of drug-likeness (QED) is 0.585. The SMILES string of the molecule is CCS(=O)(=O)Nc1ccc(NC(=O)c2c(C)nn(-c3ccc(F)cc3)c2Cl)cc1C. The molecular formula is C20H20ClFN4O3S. The number of carbonyl (C=O) groups is 1. The summed E-state index contributed by atoms with van der Waals surface area (Å²) in [6.45, 7) is 4.92. The van der Waals surface area contributed by atoms with E-state index < -0.39 is 21.7 Å². The summed E-state index contributed by atoms with van der Waals surface area (Å²) >= 11 is 6.38. The van der Waals surface area contributed by atoms with Gasteiger partial charge >= 0.3 is 0 Å². The first kappa shape index (κ1) is 21.8. The number of anilines is 2. The van der Waals surface area contributed by atoms with Crippen molar-refractivity contribution in [1.29, 1.82) is 0 Å². The van der Waals surface area contributed by atoms with Crippen molar-refractivity contribution in [1.82, 2.24) is 9.78 Å². The van der Waals surface area contributed by atoms with E-state index in [9.17, 15) is 17.6 Å². The van der Waals surface area contributed by atoms with Crippen molar-refractivity contribution in [3.05, 3.63) is 70.3 Å². The maximum Gasteiger partial charge on any atom is 0.260 e. The third-order valence-electron chi connectivity index (χ3n) is 4.43. The van der Waals surface area contributed by atoms with Gasteiger partial charge in [0, 0.05) is 5.69 Å². The number of aromatic nitrogens is 2. The van der Waals surface area contributed by atoms with Crippen LogP contribution in [0.25, 0.3) is 5.69 Å². The molecule has 0 aliphatic rings. The number of amides is 1. The lowest BCUT2D eigenvalue weighted by atomic mass is 10.1. The molecule has 0 spiro atoms. The molecule has 3 aromatic rings. The highest BCUT2D eigenvalue weighted by Gasteiger charge is 2.21. The Morgan fingerprint density at radius 1 is 1.17 bits per heavy atom. The molecule has 0 atom stereocenters. The molecule has 2 aromatic carbocycles. The third-order valence-corrected chi connectivity index (χ3v) is 6.07. The first-order valence-corrected chi connectivity index (χ1v) is 11.1. The molecule has 1 heterocycles. The average molecular weight is 451 g/mol. The number of rotatable bonds is 6. The smallest absolute Gasteiger partial charge is 0.260 e. The number of nitrogens with one attached hydrogen (secondary N) is 2. The van der Waals surface area contributed by atoms with Gasteiger partial charge < -0.3 is 5.32 Å². The number of nitrogens with zero attached hydrogens (tertiary/aromatic N) is 2. The first-order valence-electron chi connectivity index (χ1n) is 9.05. The van der Waals surface area contributed by atoms with E-state index in [0.29, 0.717) is 28.3 Å². The fraction of sp³-hybridized carbons (Fsp3) is 0.200. The molecule has 3 rings (SSSR count). The van der Waals surface area contributed by atoms with Crippen LogP contribution < -0.4 is 10.0 Å². The maximum atomic E-state index is 13.2. The predicted molar refractivity (Wildman–Crippen MR) is 115 cm³/mol. The van der Waals surface area contributed by atoms with Gasteiger partial charge in [0.05, 0.1) is 22.8 Å². The van der Waals surface area contributed by atoms with Gasteiger partial charge in [0.1, 0.15) is 16.5 Å².